The maximum absolute atomic E-state index is 12.8. The zero-order chi connectivity index (χ0) is 22.6. The summed E-state index contributed by atoms with van der Waals surface area (Å²) < 4.78 is 0. The summed E-state index contributed by atoms with van der Waals surface area (Å²) in [6.07, 6.45) is 2.07. The summed E-state index contributed by atoms with van der Waals surface area (Å²) in [5.41, 5.74) is 2.36. The largest absolute Gasteiger partial charge is 0.351 e. The fourth-order valence-electron chi connectivity index (χ4n) is 2.94. The van der Waals surface area contributed by atoms with Crippen LogP contribution in [0.1, 0.15) is 62.3 Å². The van der Waals surface area contributed by atoms with Crippen LogP contribution in [0.2, 0.25) is 0 Å². The monoisotopic (exact) mass is 475 g/mol. The molecule has 0 aliphatic heterocycles. The Bertz CT molecular complexity index is 859. The maximum atomic E-state index is 12.8. The Balaban J connectivity index is 2.06. The lowest BCUT2D eigenvalue weighted by molar-refractivity contribution is 0.0956. The second-order valence-corrected chi connectivity index (χ2v) is 9.28. The lowest BCUT2D eigenvalue weighted by Gasteiger charge is -2.10. The number of thiol groups is 2. The topological polar surface area (TPSA) is 63.2 Å². The number of rotatable bonds is 13. The van der Waals surface area contributed by atoms with E-state index in [9.17, 15) is 14.4 Å². The fourth-order valence-corrected chi connectivity index (χ4v) is 4.06. The van der Waals surface area contributed by atoms with E-state index in [0.717, 1.165) is 12.2 Å². The second-order valence-electron chi connectivity index (χ2n) is 7.22. The average Bonchev–Trinajstić information content (AvgIpc) is 2.79. The molecule has 0 spiro atoms. The third-order valence-electron chi connectivity index (χ3n) is 4.64. The molecule has 0 saturated carbocycles. The molecule has 0 heterocycles. The first kappa shape index (κ1) is 25.6. The van der Waals surface area contributed by atoms with E-state index in [0.29, 0.717) is 54.0 Å². The predicted octanol–water partition coefficient (Wildman–Crippen LogP) is 5.30. The van der Waals surface area contributed by atoms with Gasteiger partial charge in [0.05, 0.1) is 0 Å². The number of hydrogen-bond acceptors (Lipinski definition) is 6. The number of benzene rings is 2. The van der Waals surface area contributed by atoms with Gasteiger partial charge >= 0.3 is 0 Å². The van der Waals surface area contributed by atoms with Gasteiger partial charge in [-0.05, 0) is 61.6 Å². The molecule has 166 valence electrons. The number of carbonyl (C=O) groups excluding carboxylic acids is 3. The van der Waals surface area contributed by atoms with Crippen LogP contribution in [-0.4, -0.2) is 41.3 Å². The van der Waals surface area contributed by atoms with E-state index < -0.39 is 0 Å². The molecule has 31 heavy (non-hydrogen) atoms. The summed E-state index contributed by atoms with van der Waals surface area (Å²) in [4.78, 5) is 38.9. The Morgan fingerprint density at radius 2 is 1.42 bits per heavy atom. The molecule has 0 aliphatic rings. The Morgan fingerprint density at radius 1 is 0.839 bits per heavy atom. The first-order valence-corrected chi connectivity index (χ1v) is 12.6. The molecule has 0 aromatic heterocycles. The highest BCUT2D eigenvalue weighted by Crippen LogP contribution is 2.21. The number of hydrogen-bond donors (Lipinski definition) is 3. The summed E-state index contributed by atoms with van der Waals surface area (Å²) in [5, 5.41) is 2.75. The third-order valence-corrected chi connectivity index (χ3v) is 6.27. The molecule has 0 bridgehead atoms. The second kappa shape index (κ2) is 13.7. The van der Waals surface area contributed by atoms with Crippen molar-refractivity contribution in [3.05, 3.63) is 64.7 Å². The van der Waals surface area contributed by atoms with Crippen LogP contribution in [-0.2, 0) is 0 Å². The molecule has 0 saturated heterocycles. The Labute approximate surface area is 199 Å². The first-order chi connectivity index (χ1) is 14.9. The van der Waals surface area contributed by atoms with Gasteiger partial charge in [0.25, 0.3) is 5.91 Å². The Kier molecular flexibility index (Phi) is 11.3. The van der Waals surface area contributed by atoms with Crippen LogP contribution in [0.3, 0.4) is 0 Å². The van der Waals surface area contributed by atoms with Crippen molar-refractivity contribution in [3.8, 4) is 0 Å². The Morgan fingerprint density at radius 3 is 2.00 bits per heavy atom. The van der Waals surface area contributed by atoms with Crippen LogP contribution >= 0.6 is 37.0 Å². The van der Waals surface area contributed by atoms with E-state index in [1.54, 1.807) is 30.0 Å². The van der Waals surface area contributed by atoms with Gasteiger partial charge < -0.3 is 5.32 Å². The van der Waals surface area contributed by atoms with Gasteiger partial charge in [0.2, 0.25) is 0 Å². The molecular weight excluding hydrogens is 446 g/mol. The quantitative estimate of drug-likeness (QED) is 0.159. The average molecular weight is 476 g/mol. The molecule has 2 aromatic carbocycles. The minimum Gasteiger partial charge on any atom is -0.351 e. The van der Waals surface area contributed by atoms with E-state index >= 15 is 0 Å². The van der Waals surface area contributed by atoms with E-state index in [1.165, 1.54) is 10.5 Å². The molecular formula is C24H29NO3S3. The van der Waals surface area contributed by atoms with Crippen LogP contribution < -0.4 is 5.32 Å². The molecule has 2 aromatic rings. The molecule has 0 atom stereocenters. The number of amides is 1. The molecule has 0 aliphatic carbocycles. The highest BCUT2D eigenvalue weighted by Gasteiger charge is 2.16. The van der Waals surface area contributed by atoms with Crippen molar-refractivity contribution < 1.29 is 14.4 Å². The van der Waals surface area contributed by atoms with Crippen molar-refractivity contribution in [1.29, 1.82) is 0 Å². The molecule has 1 amide bonds. The minimum absolute atomic E-state index is 0.0587. The normalized spacial score (nSPS) is 10.7. The van der Waals surface area contributed by atoms with Crippen LogP contribution in [0.4, 0.5) is 0 Å². The zero-order valence-corrected chi connectivity index (χ0v) is 20.3. The summed E-state index contributed by atoms with van der Waals surface area (Å²) in [5.74, 6) is 1.50. The summed E-state index contributed by atoms with van der Waals surface area (Å²) in [6.45, 7) is 2.47. The van der Waals surface area contributed by atoms with Crippen molar-refractivity contribution in [3.63, 3.8) is 0 Å². The van der Waals surface area contributed by atoms with E-state index in [4.69, 9.17) is 0 Å². The lowest BCUT2D eigenvalue weighted by atomic mass is 9.97. The standard InChI is InChI=1S/C24H29NO3S3/c1-17-6-8-21(9-7-17)31-13-3-5-23(27)19-14-18(22(26)4-2-11-29)15-20(16-19)24(28)25-10-12-30/h6-9,14-16,29-30H,2-5,10-13H2,1H3,(H,25,28). The number of aryl methyl sites for hydroxylation is 1. The minimum atomic E-state index is -0.304. The van der Waals surface area contributed by atoms with E-state index in [-0.39, 0.29) is 17.5 Å². The number of carbonyl (C=O) groups is 3. The predicted molar refractivity (Wildman–Crippen MR) is 136 cm³/mol. The number of thioether (sulfide) groups is 1. The number of ketones is 2. The lowest BCUT2D eigenvalue weighted by Crippen LogP contribution is -2.26. The summed E-state index contributed by atoms with van der Waals surface area (Å²) >= 11 is 9.97. The molecule has 0 fully saturated rings. The van der Waals surface area contributed by atoms with Gasteiger partial charge in [-0.1, -0.05) is 17.7 Å². The van der Waals surface area contributed by atoms with Crippen molar-refractivity contribution in [1.82, 2.24) is 5.32 Å². The van der Waals surface area contributed by atoms with Crippen molar-refractivity contribution in [2.75, 3.05) is 23.8 Å². The van der Waals surface area contributed by atoms with Crippen molar-refractivity contribution >= 4 is 54.5 Å². The van der Waals surface area contributed by atoms with Crippen LogP contribution in [0, 0.1) is 6.92 Å². The molecule has 0 radical (unpaired) electrons. The number of nitrogens with one attached hydrogen (secondary N) is 1. The maximum Gasteiger partial charge on any atom is 0.251 e. The highest BCUT2D eigenvalue weighted by atomic mass is 32.2. The molecule has 7 heteroatoms. The van der Waals surface area contributed by atoms with Gasteiger partial charge in [0.1, 0.15) is 0 Å². The van der Waals surface area contributed by atoms with Gasteiger partial charge in [-0.15, -0.1) is 11.8 Å². The van der Waals surface area contributed by atoms with Gasteiger partial charge in [0, 0.05) is 46.7 Å². The van der Waals surface area contributed by atoms with Crippen molar-refractivity contribution in [2.24, 2.45) is 0 Å². The third kappa shape index (κ3) is 8.75. The van der Waals surface area contributed by atoms with E-state index in [1.807, 2.05) is 0 Å². The van der Waals surface area contributed by atoms with Gasteiger partial charge in [-0.3, -0.25) is 14.4 Å². The van der Waals surface area contributed by atoms with Crippen molar-refractivity contribution in [2.45, 2.75) is 37.5 Å². The smallest absolute Gasteiger partial charge is 0.251 e. The first-order valence-electron chi connectivity index (χ1n) is 10.4. The molecule has 0 unspecified atom stereocenters. The van der Waals surface area contributed by atoms with Crippen LogP contribution in [0.15, 0.2) is 47.4 Å². The zero-order valence-electron chi connectivity index (χ0n) is 17.7. The van der Waals surface area contributed by atoms with Gasteiger partial charge in [-0.2, -0.15) is 25.3 Å². The molecule has 1 N–H and O–H groups in total. The Hall–Kier alpha value is -1.70. The summed E-state index contributed by atoms with van der Waals surface area (Å²) in [7, 11) is 0. The molecule has 4 nitrogen and oxygen atoms in total. The fraction of sp³-hybridized carbons (Fsp3) is 0.375. The van der Waals surface area contributed by atoms with Crippen LogP contribution in [0.5, 0.6) is 0 Å². The highest BCUT2D eigenvalue weighted by molar-refractivity contribution is 7.99. The molecule has 2 rings (SSSR count). The number of Topliss-reactive ketones (excluding diaryl/α,β-unsaturated/α-hetero) is 2. The van der Waals surface area contributed by atoms with E-state index in [2.05, 4.69) is 61.8 Å². The summed E-state index contributed by atoms with van der Waals surface area (Å²) in [6, 6.07) is 13.1. The van der Waals surface area contributed by atoms with Gasteiger partial charge in [-0.25, -0.2) is 0 Å². The van der Waals surface area contributed by atoms with Gasteiger partial charge in [0.15, 0.2) is 11.6 Å². The van der Waals surface area contributed by atoms with Crippen LogP contribution in [0.25, 0.3) is 0 Å². The SMILES string of the molecule is Cc1ccc(SCCCC(=O)c2cc(C(=O)CCCS)cc(C(=O)NCCS)c2)cc1.